The molecule has 0 bridgehead atoms. The summed E-state index contributed by atoms with van der Waals surface area (Å²) in [4.78, 5) is 0. The lowest BCUT2D eigenvalue weighted by atomic mass is 10.1. The van der Waals surface area contributed by atoms with Gasteiger partial charge in [0.15, 0.2) is 16.6 Å². The fourth-order valence-electron chi connectivity index (χ4n) is 1.71. The van der Waals surface area contributed by atoms with Crippen LogP contribution in [0, 0.1) is 5.92 Å². The van der Waals surface area contributed by atoms with E-state index in [1.54, 1.807) is 6.08 Å². The van der Waals surface area contributed by atoms with E-state index in [9.17, 15) is 0 Å². The van der Waals surface area contributed by atoms with E-state index in [-0.39, 0.29) is 28.7 Å². The van der Waals surface area contributed by atoms with Gasteiger partial charge in [-0.2, -0.15) is 0 Å². The monoisotopic (exact) mass is 374 g/mol. The highest BCUT2D eigenvalue weighted by Crippen LogP contribution is 2.39. The van der Waals surface area contributed by atoms with Crippen molar-refractivity contribution in [2.75, 3.05) is 13.2 Å². The zero-order valence-electron chi connectivity index (χ0n) is 18.0. The van der Waals surface area contributed by atoms with Crippen molar-refractivity contribution in [1.82, 2.24) is 0 Å². The summed E-state index contributed by atoms with van der Waals surface area (Å²) in [6.45, 7) is 25.6. The minimum Gasteiger partial charge on any atom is -0.416 e. The molecular formula is C19H42O3Si2. The van der Waals surface area contributed by atoms with Crippen LogP contribution in [-0.4, -0.2) is 41.1 Å². The van der Waals surface area contributed by atoms with Crippen LogP contribution in [0.2, 0.25) is 36.3 Å². The van der Waals surface area contributed by atoms with Crippen molar-refractivity contribution < 1.29 is 14.0 Å². The summed E-state index contributed by atoms with van der Waals surface area (Å²) in [5.74, 6) is 0.260. The van der Waals surface area contributed by atoms with E-state index in [4.69, 9.17) is 14.0 Å². The highest BCUT2D eigenvalue weighted by atomic mass is 28.4. The van der Waals surface area contributed by atoms with Crippen LogP contribution in [0.5, 0.6) is 0 Å². The van der Waals surface area contributed by atoms with Crippen LogP contribution in [0.1, 0.15) is 48.5 Å². The van der Waals surface area contributed by atoms with Gasteiger partial charge in [0.1, 0.15) is 0 Å². The van der Waals surface area contributed by atoms with E-state index in [0.29, 0.717) is 6.61 Å². The summed E-state index contributed by atoms with van der Waals surface area (Å²) >= 11 is 0. The van der Waals surface area contributed by atoms with Crippen LogP contribution in [0.3, 0.4) is 0 Å². The molecule has 0 unspecified atom stereocenters. The Balaban J connectivity index is 5.10. The minimum absolute atomic E-state index is 0.0113. The highest BCUT2D eigenvalue weighted by Gasteiger charge is 2.41. The van der Waals surface area contributed by atoms with Crippen molar-refractivity contribution in [1.29, 1.82) is 0 Å². The van der Waals surface area contributed by atoms with Gasteiger partial charge in [0.25, 0.3) is 0 Å². The largest absolute Gasteiger partial charge is 0.416 e. The summed E-state index contributed by atoms with van der Waals surface area (Å²) in [5.41, 5.74) is 0. The first-order valence-electron chi connectivity index (χ1n) is 9.14. The van der Waals surface area contributed by atoms with Gasteiger partial charge in [0.2, 0.25) is 0 Å². The Morgan fingerprint density at radius 2 is 1.38 bits per heavy atom. The molecule has 2 atom stereocenters. The third-order valence-electron chi connectivity index (χ3n) is 5.74. The fraction of sp³-hybridized carbons (Fsp3) is 0.895. The van der Waals surface area contributed by atoms with Gasteiger partial charge in [0.05, 0.1) is 12.7 Å². The molecule has 0 aromatic rings. The summed E-state index contributed by atoms with van der Waals surface area (Å²) in [7, 11) is -3.63. The molecular weight excluding hydrogens is 332 g/mol. The topological polar surface area (TPSA) is 38.7 Å². The molecule has 0 fully saturated rings. The Morgan fingerprint density at radius 1 is 0.917 bits per heavy atom. The van der Waals surface area contributed by atoms with Gasteiger partial charge in [-0.3, -0.25) is 0 Å². The van der Waals surface area contributed by atoms with Gasteiger partial charge in [-0.1, -0.05) is 60.6 Å². The third-order valence-corrected chi connectivity index (χ3v) is 14.7. The second kappa shape index (κ2) is 8.63. The van der Waals surface area contributed by atoms with Crippen molar-refractivity contribution >= 4 is 16.6 Å². The zero-order chi connectivity index (χ0) is 19.4. The first kappa shape index (κ1) is 24.1. The predicted molar refractivity (Wildman–Crippen MR) is 111 cm³/mol. The van der Waals surface area contributed by atoms with Crippen molar-refractivity contribution in [2.24, 2.45) is 5.92 Å². The van der Waals surface area contributed by atoms with Crippen LogP contribution >= 0.6 is 0 Å². The van der Waals surface area contributed by atoms with Crippen LogP contribution in [0.25, 0.3) is 0 Å². The van der Waals surface area contributed by atoms with Crippen LogP contribution in [0.4, 0.5) is 0 Å². The Kier molecular flexibility index (Phi) is 8.65. The molecule has 0 saturated carbocycles. The van der Waals surface area contributed by atoms with E-state index in [1.807, 2.05) is 6.08 Å². The third kappa shape index (κ3) is 7.12. The number of hydrogen-bond acceptors (Lipinski definition) is 3. The van der Waals surface area contributed by atoms with E-state index >= 15 is 0 Å². The van der Waals surface area contributed by atoms with Gasteiger partial charge in [-0.25, -0.2) is 0 Å². The number of rotatable bonds is 8. The van der Waals surface area contributed by atoms with E-state index in [1.165, 1.54) is 0 Å². The highest BCUT2D eigenvalue weighted by molar-refractivity contribution is 6.74. The van der Waals surface area contributed by atoms with Crippen molar-refractivity contribution in [3.63, 3.8) is 0 Å². The minimum atomic E-state index is -1.87. The van der Waals surface area contributed by atoms with Crippen LogP contribution < -0.4 is 0 Å². The smallest absolute Gasteiger partial charge is 0.192 e. The Hall–Kier alpha value is 0.0538. The molecule has 0 rings (SSSR count). The quantitative estimate of drug-likeness (QED) is 0.445. The molecule has 0 amide bonds. The summed E-state index contributed by atoms with van der Waals surface area (Å²) in [6.07, 6.45) is 3.80. The van der Waals surface area contributed by atoms with Crippen LogP contribution in [0.15, 0.2) is 12.2 Å². The predicted octanol–water partition coefficient (Wildman–Crippen LogP) is 5.58. The summed E-state index contributed by atoms with van der Waals surface area (Å²) < 4.78 is 13.0. The van der Waals surface area contributed by atoms with Crippen molar-refractivity contribution in [3.05, 3.63) is 12.2 Å². The molecule has 1 N–H and O–H groups in total. The molecule has 5 heteroatoms. The van der Waals surface area contributed by atoms with E-state index < -0.39 is 16.6 Å². The molecule has 3 nitrogen and oxygen atoms in total. The maximum Gasteiger partial charge on any atom is 0.192 e. The maximum absolute atomic E-state index is 9.17. The van der Waals surface area contributed by atoms with Gasteiger partial charge in [0, 0.05) is 12.5 Å². The first-order valence-corrected chi connectivity index (χ1v) is 15.0. The molecule has 0 radical (unpaired) electrons. The van der Waals surface area contributed by atoms with Gasteiger partial charge in [-0.15, -0.1) is 0 Å². The normalized spacial score (nSPS) is 17.3. The van der Waals surface area contributed by atoms with Gasteiger partial charge in [-0.05, 0) is 36.3 Å². The molecule has 0 aliphatic rings. The molecule has 0 aromatic heterocycles. The SMILES string of the molecule is C[C@H](CO[Si](C)(C)C(C)(C)C)[C@@H](/C=C/CO)O[Si](C)(C)C(C)(C)C. The zero-order valence-corrected chi connectivity index (χ0v) is 20.0. The number of aliphatic hydroxyl groups excluding tert-OH is 1. The molecule has 0 spiro atoms. The second-order valence-corrected chi connectivity index (χ2v) is 19.6. The standard InChI is InChI=1S/C19H42O3Si2/c1-16(15-21-23(8,9)18(2,3)4)17(13-12-14-20)22-24(10,11)19(5,6)7/h12-13,16-17,20H,14-15H2,1-11H3/b13-12+/t16-,17-/m1/s1. The lowest BCUT2D eigenvalue weighted by molar-refractivity contribution is 0.120. The van der Waals surface area contributed by atoms with Gasteiger partial charge >= 0.3 is 0 Å². The average molecular weight is 375 g/mol. The maximum atomic E-state index is 9.17. The molecule has 0 aromatic carbocycles. The van der Waals surface area contributed by atoms with E-state index in [0.717, 1.165) is 0 Å². The lowest BCUT2D eigenvalue weighted by Gasteiger charge is -2.41. The van der Waals surface area contributed by atoms with Crippen LogP contribution in [-0.2, 0) is 8.85 Å². The fourth-order valence-corrected chi connectivity index (χ4v) is 4.17. The molecule has 0 saturated heterocycles. The second-order valence-electron chi connectivity index (χ2n) is 10.0. The molecule has 0 aliphatic heterocycles. The molecule has 144 valence electrons. The molecule has 24 heavy (non-hydrogen) atoms. The number of aliphatic hydroxyl groups is 1. The Labute approximate surface area is 153 Å². The Bertz CT molecular complexity index is 404. The molecule has 0 heterocycles. The Morgan fingerprint density at radius 3 is 1.75 bits per heavy atom. The van der Waals surface area contributed by atoms with Crippen molar-refractivity contribution in [3.8, 4) is 0 Å². The average Bonchev–Trinajstić information content (AvgIpc) is 2.38. The summed E-state index contributed by atoms with van der Waals surface area (Å²) in [5, 5.41) is 9.54. The number of hydrogen-bond donors (Lipinski definition) is 1. The van der Waals surface area contributed by atoms with Crippen molar-refractivity contribution in [2.45, 2.75) is 90.8 Å². The lowest BCUT2D eigenvalue weighted by Crippen LogP contribution is -2.47. The molecule has 0 aliphatic carbocycles. The summed E-state index contributed by atoms with van der Waals surface area (Å²) in [6, 6.07) is 0. The van der Waals surface area contributed by atoms with Gasteiger partial charge < -0.3 is 14.0 Å². The van der Waals surface area contributed by atoms with E-state index in [2.05, 4.69) is 74.7 Å². The first-order chi connectivity index (χ1) is 10.5.